The van der Waals surface area contributed by atoms with Crippen LogP contribution in [0, 0.1) is 0 Å². The van der Waals surface area contributed by atoms with Gasteiger partial charge in [0.2, 0.25) is 0 Å². The van der Waals surface area contributed by atoms with Crippen LogP contribution < -0.4 is 24.4 Å². The van der Waals surface area contributed by atoms with Crippen LogP contribution in [0.15, 0.2) is 68.0 Å². The fourth-order valence-electron chi connectivity index (χ4n) is 4.44. The number of nitrogens with zero attached hydrogens (tertiary/aromatic N) is 2. The van der Waals surface area contributed by atoms with Crippen LogP contribution in [0.3, 0.4) is 0 Å². The summed E-state index contributed by atoms with van der Waals surface area (Å²) in [5, 5.41) is 0. The van der Waals surface area contributed by atoms with E-state index < -0.39 is 12.0 Å². The average molecular weight is 600 g/mol. The van der Waals surface area contributed by atoms with Gasteiger partial charge in [-0.1, -0.05) is 58.8 Å². The fraction of sp³-hybridized carbons (Fsp3) is 0.345. The number of carbonyl (C=O) groups is 1. The minimum absolute atomic E-state index is 0.0289. The second kappa shape index (κ2) is 12.1. The Hall–Kier alpha value is -3.17. The van der Waals surface area contributed by atoms with E-state index in [0.717, 1.165) is 16.5 Å². The SMILES string of the molecule is CCCC1=C(C(=O)OCC)[C@@H](c2ccccc2OC)n2c(s/c(=C/c3cc(Br)ccc3OC(C)C)c2=O)=N1. The highest BCUT2D eigenvalue weighted by Crippen LogP contribution is 2.37. The summed E-state index contributed by atoms with van der Waals surface area (Å²) in [5.74, 6) is 0.768. The first-order chi connectivity index (χ1) is 18.3. The molecular formula is C29H31BrN2O5S. The normalized spacial score (nSPS) is 15.3. The molecule has 2 heterocycles. The zero-order valence-electron chi connectivity index (χ0n) is 22.1. The molecule has 0 fully saturated rings. The second-order valence-corrected chi connectivity index (χ2v) is 10.9. The van der Waals surface area contributed by atoms with E-state index in [0.29, 0.717) is 44.1 Å². The van der Waals surface area contributed by atoms with E-state index in [4.69, 9.17) is 19.2 Å². The number of carbonyl (C=O) groups excluding carboxylic acids is 1. The molecular weight excluding hydrogens is 568 g/mol. The standard InChI is InChI=1S/C29H31BrN2O5S/c1-6-10-21-25(28(34)36-7-2)26(20-11-8-9-12-23(20)35-5)32-27(33)24(38-29(32)31-21)16-18-15-19(30)13-14-22(18)37-17(3)4/h8-9,11-17,26H,6-7,10H2,1-5H3/b24-16+/t26-/m1/s1. The van der Waals surface area contributed by atoms with E-state index in [-0.39, 0.29) is 18.3 Å². The van der Waals surface area contributed by atoms with Crippen LogP contribution in [0.4, 0.5) is 0 Å². The predicted molar refractivity (Wildman–Crippen MR) is 153 cm³/mol. The largest absolute Gasteiger partial charge is 0.496 e. The quantitative estimate of drug-likeness (QED) is 0.319. The van der Waals surface area contributed by atoms with E-state index in [9.17, 15) is 9.59 Å². The molecule has 1 aliphatic rings. The zero-order chi connectivity index (χ0) is 27.4. The van der Waals surface area contributed by atoms with Crippen LogP contribution in [0.1, 0.15) is 57.7 Å². The number of benzene rings is 2. The van der Waals surface area contributed by atoms with E-state index in [2.05, 4.69) is 15.9 Å². The predicted octanol–water partition coefficient (Wildman–Crippen LogP) is 5.14. The lowest BCUT2D eigenvalue weighted by atomic mass is 9.93. The van der Waals surface area contributed by atoms with Gasteiger partial charge in [-0.25, -0.2) is 9.79 Å². The third kappa shape index (κ3) is 5.63. The molecule has 7 nitrogen and oxygen atoms in total. The number of thiazole rings is 1. The minimum Gasteiger partial charge on any atom is -0.496 e. The molecule has 0 spiro atoms. The highest BCUT2D eigenvalue weighted by Gasteiger charge is 2.35. The maximum absolute atomic E-state index is 14.0. The Balaban J connectivity index is 2.02. The molecule has 1 atom stereocenters. The number of hydrogen-bond acceptors (Lipinski definition) is 7. The number of hydrogen-bond donors (Lipinski definition) is 0. The number of allylic oxidation sites excluding steroid dienone is 1. The molecule has 0 N–H and O–H groups in total. The molecule has 1 aliphatic heterocycles. The van der Waals surface area contributed by atoms with E-state index in [1.54, 1.807) is 18.6 Å². The highest BCUT2D eigenvalue weighted by molar-refractivity contribution is 9.10. The third-order valence-corrected chi connectivity index (χ3v) is 7.42. The average Bonchev–Trinajstić information content (AvgIpc) is 3.19. The van der Waals surface area contributed by atoms with Gasteiger partial charge in [-0.15, -0.1) is 0 Å². The molecule has 0 radical (unpaired) electrons. The molecule has 0 unspecified atom stereocenters. The summed E-state index contributed by atoms with van der Waals surface area (Å²) < 4.78 is 20.1. The topological polar surface area (TPSA) is 79.1 Å². The summed E-state index contributed by atoms with van der Waals surface area (Å²) in [6.45, 7) is 7.92. The van der Waals surface area contributed by atoms with Crippen molar-refractivity contribution in [2.45, 2.75) is 52.7 Å². The Bertz CT molecular complexity index is 1550. The summed E-state index contributed by atoms with van der Waals surface area (Å²) in [5.41, 5.74) is 2.20. The lowest BCUT2D eigenvalue weighted by molar-refractivity contribution is -0.139. The molecule has 200 valence electrons. The molecule has 4 rings (SSSR count). The summed E-state index contributed by atoms with van der Waals surface area (Å²) in [7, 11) is 1.58. The van der Waals surface area contributed by atoms with Gasteiger partial charge in [-0.05, 0) is 57.5 Å². The summed E-state index contributed by atoms with van der Waals surface area (Å²) in [4.78, 5) is 32.7. The monoisotopic (exact) mass is 598 g/mol. The Morgan fingerprint density at radius 1 is 1.18 bits per heavy atom. The highest BCUT2D eigenvalue weighted by atomic mass is 79.9. The van der Waals surface area contributed by atoms with Crippen molar-refractivity contribution in [3.8, 4) is 11.5 Å². The van der Waals surface area contributed by atoms with Crippen molar-refractivity contribution in [3.63, 3.8) is 0 Å². The number of para-hydroxylation sites is 1. The lowest BCUT2D eigenvalue weighted by Gasteiger charge is -2.26. The minimum atomic E-state index is -0.737. The molecule has 0 amide bonds. The summed E-state index contributed by atoms with van der Waals surface area (Å²) in [6, 6.07) is 12.4. The van der Waals surface area contributed by atoms with Gasteiger partial charge in [-0.3, -0.25) is 9.36 Å². The van der Waals surface area contributed by atoms with Crippen molar-refractivity contribution < 1.29 is 19.0 Å². The molecule has 2 aromatic carbocycles. The van der Waals surface area contributed by atoms with Crippen molar-refractivity contribution in [3.05, 3.63) is 89.0 Å². The first-order valence-corrected chi connectivity index (χ1v) is 14.2. The molecule has 0 saturated carbocycles. The van der Waals surface area contributed by atoms with Crippen molar-refractivity contribution in [1.82, 2.24) is 4.57 Å². The maximum Gasteiger partial charge on any atom is 0.338 e. The van der Waals surface area contributed by atoms with Crippen LogP contribution in [-0.2, 0) is 9.53 Å². The van der Waals surface area contributed by atoms with Crippen molar-refractivity contribution in [2.24, 2.45) is 4.99 Å². The van der Waals surface area contributed by atoms with Crippen LogP contribution in [0.5, 0.6) is 11.5 Å². The smallest absolute Gasteiger partial charge is 0.338 e. The van der Waals surface area contributed by atoms with Gasteiger partial charge < -0.3 is 14.2 Å². The van der Waals surface area contributed by atoms with Crippen molar-refractivity contribution >= 4 is 39.3 Å². The Morgan fingerprint density at radius 3 is 2.63 bits per heavy atom. The molecule has 38 heavy (non-hydrogen) atoms. The molecule has 0 saturated heterocycles. The van der Waals surface area contributed by atoms with Crippen LogP contribution >= 0.6 is 27.3 Å². The van der Waals surface area contributed by atoms with Gasteiger partial charge in [0.1, 0.15) is 17.5 Å². The third-order valence-electron chi connectivity index (χ3n) is 5.95. The summed E-state index contributed by atoms with van der Waals surface area (Å²) in [6.07, 6.45) is 3.14. The number of methoxy groups -OCH3 is 1. The number of aromatic nitrogens is 1. The summed E-state index contributed by atoms with van der Waals surface area (Å²) >= 11 is 4.81. The number of fused-ring (bicyclic) bond motifs is 1. The number of ether oxygens (including phenoxy) is 3. The fourth-order valence-corrected chi connectivity index (χ4v) is 5.83. The van der Waals surface area contributed by atoms with Crippen LogP contribution in [0.25, 0.3) is 6.08 Å². The molecule has 9 heteroatoms. The van der Waals surface area contributed by atoms with E-state index in [1.165, 1.54) is 11.3 Å². The molecule has 1 aromatic heterocycles. The first kappa shape index (κ1) is 27.9. The molecule has 0 aliphatic carbocycles. The van der Waals surface area contributed by atoms with Gasteiger partial charge >= 0.3 is 5.97 Å². The lowest BCUT2D eigenvalue weighted by Crippen LogP contribution is -2.40. The van der Waals surface area contributed by atoms with Crippen molar-refractivity contribution in [1.29, 1.82) is 0 Å². The van der Waals surface area contributed by atoms with Gasteiger partial charge in [0.25, 0.3) is 5.56 Å². The number of halogens is 1. The van der Waals surface area contributed by atoms with Gasteiger partial charge in [0.15, 0.2) is 4.80 Å². The van der Waals surface area contributed by atoms with Gasteiger partial charge in [-0.2, -0.15) is 0 Å². The molecule has 0 bridgehead atoms. The Kier molecular flexibility index (Phi) is 8.89. The van der Waals surface area contributed by atoms with Crippen LogP contribution in [0.2, 0.25) is 0 Å². The zero-order valence-corrected chi connectivity index (χ0v) is 24.5. The van der Waals surface area contributed by atoms with Gasteiger partial charge in [0.05, 0.1) is 35.6 Å². The van der Waals surface area contributed by atoms with Gasteiger partial charge in [0, 0.05) is 15.6 Å². The Morgan fingerprint density at radius 2 is 1.95 bits per heavy atom. The Labute approximate surface area is 234 Å². The van der Waals surface area contributed by atoms with Crippen molar-refractivity contribution in [2.75, 3.05) is 13.7 Å². The van der Waals surface area contributed by atoms with E-state index in [1.807, 2.05) is 69.3 Å². The maximum atomic E-state index is 14.0. The number of esters is 1. The first-order valence-electron chi connectivity index (χ1n) is 12.6. The van der Waals surface area contributed by atoms with Crippen LogP contribution in [-0.4, -0.2) is 30.4 Å². The van der Waals surface area contributed by atoms with E-state index >= 15 is 0 Å². The second-order valence-electron chi connectivity index (χ2n) is 9.00. The number of rotatable bonds is 9. The molecule has 3 aromatic rings.